The lowest BCUT2D eigenvalue weighted by Crippen LogP contribution is -2.12. The fourth-order valence-corrected chi connectivity index (χ4v) is 3.05. The summed E-state index contributed by atoms with van der Waals surface area (Å²) in [4.78, 5) is 14.9. The standard InChI is InChI=1S/C19H21N3O2/c1-2-3-17(15-6-9-21-10-7-15)22-11-8-16-12-14(4-5-18(16)22)13-24-19(20)23/h4-12,17H,2-3,13H2,1H3,(H2,20,23). The van der Waals surface area contributed by atoms with Gasteiger partial charge in [-0.15, -0.1) is 0 Å². The van der Waals surface area contributed by atoms with Gasteiger partial charge in [-0.05, 0) is 53.3 Å². The van der Waals surface area contributed by atoms with Crippen LogP contribution >= 0.6 is 0 Å². The van der Waals surface area contributed by atoms with E-state index in [9.17, 15) is 4.79 Å². The van der Waals surface area contributed by atoms with E-state index in [1.54, 1.807) is 0 Å². The number of primary amides is 1. The van der Waals surface area contributed by atoms with E-state index in [2.05, 4.69) is 46.9 Å². The average Bonchev–Trinajstić information content (AvgIpc) is 3.01. The maximum Gasteiger partial charge on any atom is 0.404 e. The molecule has 2 aromatic heterocycles. The van der Waals surface area contributed by atoms with Crippen molar-refractivity contribution in [1.29, 1.82) is 0 Å². The van der Waals surface area contributed by atoms with Crippen molar-refractivity contribution in [3.8, 4) is 0 Å². The van der Waals surface area contributed by atoms with Crippen LogP contribution in [0.3, 0.4) is 0 Å². The first-order valence-electron chi connectivity index (χ1n) is 8.10. The Morgan fingerprint density at radius 3 is 2.75 bits per heavy atom. The molecule has 0 radical (unpaired) electrons. The molecule has 1 aromatic carbocycles. The summed E-state index contributed by atoms with van der Waals surface area (Å²) in [5, 5.41) is 1.12. The number of aromatic nitrogens is 2. The van der Waals surface area contributed by atoms with Crippen molar-refractivity contribution in [1.82, 2.24) is 9.55 Å². The summed E-state index contributed by atoms with van der Waals surface area (Å²) >= 11 is 0. The summed E-state index contributed by atoms with van der Waals surface area (Å²) in [7, 11) is 0. The second kappa shape index (κ2) is 7.17. The Labute approximate surface area is 141 Å². The predicted octanol–water partition coefficient (Wildman–Crippen LogP) is 4.02. The van der Waals surface area contributed by atoms with E-state index in [0.29, 0.717) is 0 Å². The molecule has 0 bridgehead atoms. The zero-order valence-corrected chi connectivity index (χ0v) is 13.7. The molecule has 5 heteroatoms. The number of amides is 1. The van der Waals surface area contributed by atoms with Crippen LogP contribution in [0.2, 0.25) is 0 Å². The molecule has 1 atom stereocenters. The van der Waals surface area contributed by atoms with Crippen molar-refractivity contribution in [3.05, 3.63) is 66.1 Å². The van der Waals surface area contributed by atoms with E-state index < -0.39 is 6.09 Å². The number of ether oxygens (including phenoxy) is 1. The van der Waals surface area contributed by atoms with Gasteiger partial charge < -0.3 is 15.0 Å². The Morgan fingerprint density at radius 1 is 1.25 bits per heavy atom. The number of nitrogens with two attached hydrogens (primary N) is 1. The number of fused-ring (bicyclic) bond motifs is 1. The summed E-state index contributed by atoms with van der Waals surface area (Å²) in [5.41, 5.74) is 8.37. The number of benzene rings is 1. The molecule has 3 rings (SSSR count). The zero-order chi connectivity index (χ0) is 16.9. The molecule has 0 fully saturated rings. The van der Waals surface area contributed by atoms with Crippen LogP contribution in [0.15, 0.2) is 55.0 Å². The van der Waals surface area contributed by atoms with Crippen LogP contribution in [0.4, 0.5) is 4.79 Å². The number of hydrogen-bond donors (Lipinski definition) is 1. The molecular formula is C19H21N3O2. The van der Waals surface area contributed by atoms with Gasteiger partial charge in [-0.2, -0.15) is 0 Å². The molecule has 3 aromatic rings. The van der Waals surface area contributed by atoms with Gasteiger partial charge in [0, 0.05) is 24.1 Å². The highest BCUT2D eigenvalue weighted by Gasteiger charge is 2.15. The molecule has 0 aliphatic carbocycles. The minimum absolute atomic E-state index is 0.194. The molecule has 124 valence electrons. The topological polar surface area (TPSA) is 70.1 Å². The Morgan fingerprint density at radius 2 is 2.04 bits per heavy atom. The number of pyridine rings is 1. The van der Waals surface area contributed by atoms with Crippen molar-refractivity contribution < 1.29 is 9.53 Å². The van der Waals surface area contributed by atoms with Crippen molar-refractivity contribution in [3.63, 3.8) is 0 Å². The minimum atomic E-state index is -0.756. The van der Waals surface area contributed by atoms with Crippen molar-refractivity contribution in [2.75, 3.05) is 0 Å². The van der Waals surface area contributed by atoms with Gasteiger partial charge in [-0.3, -0.25) is 4.98 Å². The summed E-state index contributed by atoms with van der Waals surface area (Å²) < 4.78 is 7.16. The van der Waals surface area contributed by atoms with Crippen LogP contribution in [0.1, 0.15) is 36.9 Å². The molecule has 0 saturated carbocycles. The molecule has 0 aliphatic rings. The van der Waals surface area contributed by atoms with Gasteiger partial charge in [0.05, 0.1) is 6.04 Å². The van der Waals surface area contributed by atoms with Crippen LogP contribution in [-0.4, -0.2) is 15.6 Å². The molecule has 24 heavy (non-hydrogen) atoms. The SMILES string of the molecule is CCCC(c1ccncc1)n1ccc2cc(COC(N)=O)ccc21. The predicted molar refractivity (Wildman–Crippen MR) is 93.6 cm³/mol. The van der Waals surface area contributed by atoms with Gasteiger partial charge >= 0.3 is 6.09 Å². The fourth-order valence-electron chi connectivity index (χ4n) is 3.05. The van der Waals surface area contributed by atoms with Gasteiger partial charge in [0.25, 0.3) is 0 Å². The molecule has 0 spiro atoms. The third-order valence-electron chi connectivity index (χ3n) is 4.15. The lowest BCUT2D eigenvalue weighted by molar-refractivity contribution is 0.150. The number of hydrogen-bond acceptors (Lipinski definition) is 3. The molecule has 2 N–H and O–H groups in total. The third kappa shape index (κ3) is 3.40. The van der Waals surface area contributed by atoms with E-state index in [1.165, 1.54) is 5.56 Å². The summed E-state index contributed by atoms with van der Waals surface area (Å²) in [5.74, 6) is 0. The van der Waals surface area contributed by atoms with Gasteiger partial charge in [0.2, 0.25) is 0 Å². The quantitative estimate of drug-likeness (QED) is 0.745. The summed E-state index contributed by atoms with van der Waals surface area (Å²) in [6, 6.07) is 12.6. The molecule has 1 unspecified atom stereocenters. The highest BCUT2D eigenvalue weighted by atomic mass is 16.5. The van der Waals surface area contributed by atoms with Gasteiger partial charge in [0.1, 0.15) is 6.61 Å². The molecule has 0 saturated heterocycles. The second-order valence-corrected chi connectivity index (χ2v) is 5.81. The van der Waals surface area contributed by atoms with E-state index in [4.69, 9.17) is 10.5 Å². The average molecular weight is 323 g/mol. The number of rotatable bonds is 6. The number of carbonyl (C=O) groups is 1. The van der Waals surface area contributed by atoms with E-state index in [1.807, 2.05) is 24.5 Å². The van der Waals surface area contributed by atoms with Gasteiger partial charge in [0.15, 0.2) is 0 Å². The monoisotopic (exact) mass is 323 g/mol. The van der Waals surface area contributed by atoms with Crippen LogP contribution in [0.5, 0.6) is 0 Å². The summed E-state index contributed by atoms with van der Waals surface area (Å²) in [6.45, 7) is 2.39. The van der Waals surface area contributed by atoms with Crippen LogP contribution in [0, 0.1) is 0 Å². The smallest absolute Gasteiger partial charge is 0.404 e. The van der Waals surface area contributed by atoms with E-state index >= 15 is 0 Å². The minimum Gasteiger partial charge on any atom is -0.445 e. The van der Waals surface area contributed by atoms with Crippen molar-refractivity contribution >= 4 is 17.0 Å². The molecule has 1 amide bonds. The Bertz CT molecular complexity index is 827. The van der Waals surface area contributed by atoms with Gasteiger partial charge in [-0.1, -0.05) is 19.4 Å². The Hall–Kier alpha value is -2.82. The number of carbonyl (C=O) groups excluding carboxylic acids is 1. The lowest BCUT2D eigenvalue weighted by atomic mass is 10.0. The summed E-state index contributed by atoms with van der Waals surface area (Å²) in [6.07, 6.45) is 7.18. The van der Waals surface area contributed by atoms with Crippen LogP contribution < -0.4 is 5.73 Å². The second-order valence-electron chi connectivity index (χ2n) is 5.81. The van der Waals surface area contributed by atoms with Gasteiger partial charge in [-0.25, -0.2) is 4.79 Å². The van der Waals surface area contributed by atoms with Crippen LogP contribution in [-0.2, 0) is 11.3 Å². The molecular weight excluding hydrogens is 302 g/mol. The maximum atomic E-state index is 10.7. The first-order valence-corrected chi connectivity index (χ1v) is 8.10. The number of nitrogens with zero attached hydrogens (tertiary/aromatic N) is 2. The lowest BCUT2D eigenvalue weighted by Gasteiger charge is -2.20. The highest BCUT2D eigenvalue weighted by molar-refractivity contribution is 5.81. The van der Waals surface area contributed by atoms with Crippen LogP contribution in [0.25, 0.3) is 10.9 Å². The highest BCUT2D eigenvalue weighted by Crippen LogP contribution is 2.29. The Balaban J connectivity index is 1.95. The van der Waals surface area contributed by atoms with Crippen molar-refractivity contribution in [2.24, 2.45) is 5.73 Å². The first kappa shape index (κ1) is 16.1. The molecule has 0 aliphatic heterocycles. The first-order chi connectivity index (χ1) is 11.7. The van der Waals surface area contributed by atoms with E-state index in [-0.39, 0.29) is 12.6 Å². The molecule has 5 nitrogen and oxygen atoms in total. The normalized spacial score (nSPS) is 12.2. The molecule has 2 heterocycles. The zero-order valence-electron chi connectivity index (χ0n) is 13.7. The van der Waals surface area contributed by atoms with E-state index in [0.717, 1.165) is 29.3 Å². The van der Waals surface area contributed by atoms with Crippen molar-refractivity contribution in [2.45, 2.75) is 32.4 Å². The largest absolute Gasteiger partial charge is 0.445 e. The Kier molecular flexibility index (Phi) is 4.79. The fraction of sp³-hybridized carbons (Fsp3) is 0.263. The third-order valence-corrected chi connectivity index (χ3v) is 4.15. The maximum absolute atomic E-state index is 10.7.